The molecule has 0 bridgehead atoms. The van der Waals surface area contributed by atoms with E-state index < -0.39 is 0 Å². The Morgan fingerprint density at radius 3 is 2.52 bits per heavy atom. The van der Waals surface area contributed by atoms with Gasteiger partial charge in [0.1, 0.15) is 6.61 Å². The van der Waals surface area contributed by atoms with Crippen molar-refractivity contribution in [1.82, 2.24) is 4.90 Å². The van der Waals surface area contributed by atoms with Crippen LogP contribution in [0.15, 0.2) is 41.3 Å². The molecule has 2 fully saturated rings. The average Bonchev–Trinajstić information content (AvgIpc) is 3.06. The molecule has 0 unspecified atom stereocenters. The van der Waals surface area contributed by atoms with Crippen molar-refractivity contribution in [2.75, 3.05) is 6.54 Å². The Morgan fingerprint density at radius 2 is 1.82 bits per heavy atom. The second-order valence-corrected chi connectivity index (χ2v) is 9.98. The van der Waals surface area contributed by atoms with Crippen LogP contribution in [0.4, 0.5) is 4.79 Å². The number of nitrogens with zero attached hydrogens (tertiary/aromatic N) is 2. The average molecular weight is 501 g/mol. The Balaban J connectivity index is 1.48. The van der Waals surface area contributed by atoms with Gasteiger partial charge in [-0.2, -0.15) is 5.26 Å². The van der Waals surface area contributed by atoms with Crippen LogP contribution in [0.25, 0.3) is 6.08 Å². The van der Waals surface area contributed by atoms with Crippen molar-refractivity contribution in [3.63, 3.8) is 0 Å². The summed E-state index contributed by atoms with van der Waals surface area (Å²) in [6.45, 7) is 0.628. The van der Waals surface area contributed by atoms with E-state index >= 15 is 0 Å². The summed E-state index contributed by atoms with van der Waals surface area (Å²) in [6.07, 6.45) is 7.30. The summed E-state index contributed by atoms with van der Waals surface area (Å²) in [5, 5.41) is 9.56. The first kappa shape index (κ1) is 23.7. The molecule has 170 valence electrons. The Labute approximate surface area is 207 Å². The lowest BCUT2D eigenvalue weighted by Crippen LogP contribution is -2.34. The first-order valence-corrected chi connectivity index (χ1v) is 12.4. The van der Waals surface area contributed by atoms with E-state index in [2.05, 4.69) is 6.07 Å². The number of nitriles is 1. The van der Waals surface area contributed by atoms with Crippen LogP contribution in [-0.4, -0.2) is 22.6 Å². The standard InChI is InChI=1S/C25H22Cl2N2O3S/c26-20-10-17(11-21(27)23(20)32-15-19-9-5-4-8-18(19)13-28)12-22-24(30)29(25(31)33-22)14-16-6-2-1-3-7-16/h4-5,8-12,16H,1-3,6-7,14-15H2/b22-12+. The van der Waals surface area contributed by atoms with Gasteiger partial charge in [0, 0.05) is 12.1 Å². The molecule has 0 aromatic heterocycles. The van der Waals surface area contributed by atoms with Crippen LogP contribution >= 0.6 is 35.0 Å². The number of thioether (sulfide) groups is 1. The number of carbonyl (C=O) groups excluding carboxylic acids is 2. The van der Waals surface area contributed by atoms with E-state index in [0.29, 0.717) is 34.2 Å². The van der Waals surface area contributed by atoms with Crippen LogP contribution in [0.5, 0.6) is 5.75 Å². The molecule has 1 aliphatic heterocycles. The Hall–Kier alpha value is -2.46. The van der Waals surface area contributed by atoms with Crippen molar-refractivity contribution in [1.29, 1.82) is 5.26 Å². The molecular formula is C25H22Cl2N2O3S. The number of halogens is 2. The summed E-state index contributed by atoms with van der Waals surface area (Å²) in [6, 6.07) is 12.6. The van der Waals surface area contributed by atoms with Gasteiger partial charge < -0.3 is 4.74 Å². The van der Waals surface area contributed by atoms with Gasteiger partial charge in [0.2, 0.25) is 0 Å². The molecule has 0 radical (unpaired) electrons. The Kier molecular flexibility index (Phi) is 7.64. The lowest BCUT2D eigenvalue weighted by molar-refractivity contribution is -0.123. The third kappa shape index (κ3) is 5.55. The van der Waals surface area contributed by atoms with Gasteiger partial charge >= 0.3 is 0 Å². The van der Waals surface area contributed by atoms with Gasteiger partial charge in [-0.1, -0.05) is 60.7 Å². The zero-order valence-corrected chi connectivity index (χ0v) is 20.2. The van der Waals surface area contributed by atoms with Crippen LogP contribution < -0.4 is 4.74 Å². The van der Waals surface area contributed by atoms with Crippen LogP contribution in [0, 0.1) is 17.2 Å². The number of rotatable bonds is 6. The molecule has 5 nitrogen and oxygen atoms in total. The predicted molar refractivity (Wildman–Crippen MR) is 131 cm³/mol. The molecule has 1 heterocycles. The van der Waals surface area contributed by atoms with E-state index in [1.807, 2.05) is 6.07 Å². The highest BCUT2D eigenvalue weighted by atomic mass is 35.5. The monoisotopic (exact) mass is 500 g/mol. The number of benzene rings is 2. The minimum Gasteiger partial charge on any atom is -0.486 e. The third-order valence-corrected chi connectivity index (χ3v) is 7.34. The highest BCUT2D eigenvalue weighted by Crippen LogP contribution is 2.38. The molecular weight excluding hydrogens is 479 g/mol. The Morgan fingerprint density at radius 1 is 1.12 bits per heavy atom. The summed E-state index contributed by atoms with van der Waals surface area (Å²) in [7, 11) is 0. The summed E-state index contributed by atoms with van der Waals surface area (Å²) in [4.78, 5) is 27.0. The molecule has 0 N–H and O–H groups in total. The van der Waals surface area contributed by atoms with E-state index in [0.717, 1.165) is 43.0 Å². The SMILES string of the molecule is N#Cc1ccccc1COc1c(Cl)cc(/C=C2/SC(=O)N(CC3CCCCC3)C2=O)cc1Cl. The van der Waals surface area contributed by atoms with E-state index in [4.69, 9.17) is 27.9 Å². The molecule has 4 rings (SSSR count). The van der Waals surface area contributed by atoms with Crippen LogP contribution in [0.2, 0.25) is 10.0 Å². The highest BCUT2D eigenvalue weighted by Gasteiger charge is 2.36. The first-order valence-electron chi connectivity index (χ1n) is 10.8. The second-order valence-electron chi connectivity index (χ2n) is 8.17. The first-order chi connectivity index (χ1) is 16.0. The zero-order chi connectivity index (χ0) is 23.4. The predicted octanol–water partition coefficient (Wildman–Crippen LogP) is 7.06. The third-order valence-electron chi connectivity index (χ3n) is 5.87. The molecule has 33 heavy (non-hydrogen) atoms. The molecule has 8 heteroatoms. The second kappa shape index (κ2) is 10.6. The Bertz CT molecular complexity index is 1130. The largest absolute Gasteiger partial charge is 0.486 e. The smallest absolute Gasteiger partial charge is 0.293 e. The van der Waals surface area contributed by atoms with Crippen molar-refractivity contribution in [2.24, 2.45) is 5.92 Å². The van der Waals surface area contributed by atoms with E-state index in [9.17, 15) is 14.9 Å². The quantitative estimate of drug-likeness (QED) is 0.397. The zero-order valence-electron chi connectivity index (χ0n) is 17.9. The minimum atomic E-state index is -0.267. The van der Waals surface area contributed by atoms with Crippen molar-refractivity contribution >= 4 is 52.2 Å². The van der Waals surface area contributed by atoms with Gasteiger partial charge in [-0.15, -0.1) is 0 Å². The summed E-state index contributed by atoms with van der Waals surface area (Å²) >= 11 is 13.8. The maximum atomic E-state index is 12.8. The van der Waals surface area contributed by atoms with E-state index in [1.54, 1.807) is 36.4 Å². The molecule has 0 atom stereocenters. The van der Waals surface area contributed by atoms with Crippen molar-refractivity contribution in [3.05, 3.63) is 68.0 Å². The summed E-state index contributed by atoms with van der Waals surface area (Å²) in [5.74, 6) is 0.419. The lowest BCUT2D eigenvalue weighted by atomic mass is 9.89. The number of carbonyl (C=O) groups is 2. The van der Waals surface area contributed by atoms with E-state index in [-0.39, 0.29) is 27.8 Å². The number of amides is 2. The molecule has 2 aromatic rings. The molecule has 2 aromatic carbocycles. The van der Waals surface area contributed by atoms with Gasteiger partial charge in [-0.05, 0) is 60.4 Å². The summed E-state index contributed by atoms with van der Waals surface area (Å²) in [5.41, 5.74) is 1.85. The lowest BCUT2D eigenvalue weighted by Gasteiger charge is -2.25. The molecule has 1 aliphatic carbocycles. The highest BCUT2D eigenvalue weighted by molar-refractivity contribution is 8.18. The normalized spacial score (nSPS) is 18.1. The van der Waals surface area contributed by atoms with Gasteiger partial charge in [0.05, 0.1) is 26.6 Å². The molecule has 0 spiro atoms. The van der Waals surface area contributed by atoms with Gasteiger partial charge in [0.25, 0.3) is 11.1 Å². The number of ether oxygens (including phenoxy) is 1. The van der Waals surface area contributed by atoms with Crippen molar-refractivity contribution in [3.8, 4) is 11.8 Å². The van der Waals surface area contributed by atoms with Crippen molar-refractivity contribution < 1.29 is 14.3 Å². The number of imide groups is 1. The number of hydrogen-bond acceptors (Lipinski definition) is 5. The fourth-order valence-corrected chi connectivity index (χ4v) is 5.60. The summed E-state index contributed by atoms with van der Waals surface area (Å²) < 4.78 is 5.79. The van der Waals surface area contributed by atoms with Crippen molar-refractivity contribution in [2.45, 2.75) is 38.7 Å². The van der Waals surface area contributed by atoms with Crippen LogP contribution in [0.3, 0.4) is 0 Å². The molecule has 1 saturated heterocycles. The maximum absolute atomic E-state index is 12.8. The number of hydrogen-bond donors (Lipinski definition) is 0. The maximum Gasteiger partial charge on any atom is 0.293 e. The molecule has 2 aliphatic rings. The molecule has 2 amide bonds. The van der Waals surface area contributed by atoms with Gasteiger partial charge in [0.15, 0.2) is 5.75 Å². The van der Waals surface area contributed by atoms with Crippen LogP contribution in [-0.2, 0) is 11.4 Å². The minimum absolute atomic E-state index is 0.141. The fraction of sp³-hybridized carbons (Fsp3) is 0.320. The van der Waals surface area contributed by atoms with Gasteiger partial charge in [-0.3, -0.25) is 14.5 Å². The van der Waals surface area contributed by atoms with E-state index in [1.165, 1.54) is 11.3 Å². The van der Waals surface area contributed by atoms with Crippen LogP contribution in [0.1, 0.15) is 48.8 Å². The van der Waals surface area contributed by atoms with Gasteiger partial charge in [-0.25, -0.2) is 0 Å². The molecule has 1 saturated carbocycles. The fourth-order valence-electron chi connectivity index (χ4n) is 4.14. The topological polar surface area (TPSA) is 70.4 Å².